The number of rotatable bonds is 3. The molecule has 1 aromatic carbocycles. The van der Waals surface area contributed by atoms with Crippen molar-refractivity contribution in [3.8, 4) is 11.5 Å². The zero-order chi connectivity index (χ0) is 14.0. The molecule has 19 heavy (non-hydrogen) atoms. The summed E-state index contributed by atoms with van der Waals surface area (Å²) < 4.78 is 10.5. The Morgan fingerprint density at radius 1 is 1.32 bits per heavy atom. The molecule has 6 heteroatoms. The highest BCUT2D eigenvalue weighted by Crippen LogP contribution is 2.39. The van der Waals surface area contributed by atoms with Crippen LogP contribution >= 0.6 is 0 Å². The maximum atomic E-state index is 11.2. The lowest BCUT2D eigenvalue weighted by Crippen LogP contribution is -2.27. The monoisotopic (exact) mass is 265 g/mol. The first-order chi connectivity index (χ1) is 9.12. The second kappa shape index (κ2) is 5.17. The molecule has 1 aliphatic carbocycles. The number of nitrogens with zero attached hydrogens (tertiary/aromatic N) is 1. The van der Waals surface area contributed by atoms with Crippen LogP contribution in [0.1, 0.15) is 17.5 Å². The minimum atomic E-state index is -0.920. The number of fused-ring (bicyclic) bond motifs is 1. The second-order valence-electron chi connectivity index (χ2n) is 4.32. The van der Waals surface area contributed by atoms with E-state index in [2.05, 4.69) is 5.16 Å². The highest BCUT2D eigenvalue weighted by atomic mass is 16.5. The van der Waals surface area contributed by atoms with Gasteiger partial charge in [0, 0.05) is 17.5 Å². The lowest BCUT2D eigenvalue weighted by atomic mass is 9.82. The van der Waals surface area contributed by atoms with Crippen molar-refractivity contribution in [1.82, 2.24) is 0 Å². The molecule has 2 N–H and O–H groups in total. The fourth-order valence-corrected chi connectivity index (χ4v) is 2.40. The van der Waals surface area contributed by atoms with Crippen molar-refractivity contribution in [1.29, 1.82) is 0 Å². The molecule has 0 aromatic heterocycles. The predicted molar refractivity (Wildman–Crippen MR) is 67.3 cm³/mol. The fourth-order valence-electron chi connectivity index (χ4n) is 2.40. The lowest BCUT2D eigenvalue weighted by Gasteiger charge is -2.25. The Bertz CT molecular complexity index is 538. The average molecular weight is 265 g/mol. The van der Waals surface area contributed by atoms with Gasteiger partial charge in [0.05, 0.1) is 25.8 Å². The van der Waals surface area contributed by atoms with Crippen LogP contribution in [0.25, 0.3) is 0 Å². The molecule has 1 atom stereocenters. The van der Waals surface area contributed by atoms with Crippen LogP contribution in [0, 0.1) is 5.92 Å². The molecule has 1 unspecified atom stereocenters. The van der Waals surface area contributed by atoms with Gasteiger partial charge in [-0.2, -0.15) is 0 Å². The van der Waals surface area contributed by atoms with E-state index < -0.39 is 11.9 Å². The number of methoxy groups -OCH3 is 2. The Kier molecular flexibility index (Phi) is 3.59. The van der Waals surface area contributed by atoms with E-state index in [1.165, 1.54) is 14.2 Å². The maximum Gasteiger partial charge on any atom is 0.307 e. The summed E-state index contributed by atoms with van der Waals surface area (Å²) in [5, 5.41) is 21.4. The van der Waals surface area contributed by atoms with Gasteiger partial charge in [-0.1, -0.05) is 5.16 Å². The smallest absolute Gasteiger partial charge is 0.307 e. The molecule has 0 spiro atoms. The van der Waals surface area contributed by atoms with E-state index in [-0.39, 0.29) is 6.42 Å². The summed E-state index contributed by atoms with van der Waals surface area (Å²) in [6, 6.07) is 3.47. The number of aliphatic carboxylic acids is 1. The highest BCUT2D eigenvalue weighted by Gasteiger charge is 2.32. The molecule has 0 aliphatic heterocycles. The normalized spacial score (nSPS) is 19.9. The van der Waals surface area contributed by atoms with Crippen molar-refractivity contribution in [3.63, 3.8) is 0 Å². The van der Waals surface area contributed by atoms with Gasteiger partial charge in [-0.15, -0.1) is 0 Å². The molecule has 1 aromatic rings. The summed E-state index contributed by atoms with van der Waals surface area (Å²) in [5.41, 5.74) is 1.76. The Balaban J connectivity index is 2.59. The largest absolute Gasteiger partial charge is 0.493 e. The molecule has 2 rings (SSSR count). The van der Waals surface area contributed by atoms with Crippen molar-refractivity contribution in [2.45, 2.75) is 12.8 Å². The Labute approximate surface area is 110 Å². The first-order valence-electron chi connectivity index (χ1n) is 5.80. The van der Waals surface area contributed by atoms with Crippen molar-refractivity contribution in [2.24, 2.45) is 11.1 Å². The van der Waals surface area contributed by atoms with Crippen LogP contribution < -0.4 is 9.47 Å². The lowest BCUT2D eigenvalue weighted by molar-refractivity contribution is -0.141. The van der Waals surface area contributed by atoms with Crippen molar-refractivity contribution >= 4 is 11.7 Å². The van der Waals surface area contributed by atoms with Gasteiger partial charge >= 0.3 is 5.97 Å². The van der Waals surface area contributed by atoms with Crippen molar-refractivity contribution in [2.75, 3.05) is 14.2 Å². The number of hydrogen-bond donors (Lipinski definition) is 2. The molecule has 0 saturated heterocycles. The van der Waals surface area contributed by atoms with Gasteiger partial charge in [0.25, 0.3) is 0 Å². The maximum absolute atomic E-state index is 11.2. The Hall–Kier alpha value is -2.24. The van der Waals surface area contributed by atoms with Crippen LogP contribution in [-0.4, -0.2) is 36.2 Å². The molecule has 102 valence electrons. The number of carboxylic acids is 1. The van der Waals surface area contributed by atoms with Gasteiger partial charge in [0.1, 0.15) is 0 Å². The zero-order valence-electron chi connectivity index (χ0n) is 10.7. The third-order valence-electron chi connectivity index (χ3n) is 3.32. The number of carboxylic acid groups (broad SMARTS) is 1. The van der Waals surface area contributed by atoms with E-state index in [4.69, 9.17) is 19.8 Å². The molecular weight excluding hydrogens is 250 g/mol. The quantitative estimate of drug-likeness (QED) is 0.639. The van der Waals surface area contributed by atoms with Crippen LogP contribution in [0.4, 0.5) is 0 Å². The van der Waals surface area contributed by atoms with E-state index in [9.17, 15) is 4.79 Å². The van der Waals surface area contributed by atoms with Gasteiger partial charge in [-0.25, -0.2) is 0 Å². The molecule has 0 heterocycles. The Morgan fingerprint density at radius 3 is 2.58 bits per heavy atom. The predicted octanol–water partition coefficient (Wildman–Crippen LogP) is 1.53. The van der Waals surface area contributed by atoms with E-state index in [0.717, 1.165) is 0 Å². The first kappa shape index (κ1) is 13.2. The first-order valence-corrected chi connectivity index (χ1v) is 5.80. The number of ether oxygens (including phenoxy) is 2. The fraction of sp³-hybridized carbons (Fsp3) is 0.385. The third-order valence-corrected chi connectivity index (χ3v) is 3.32. The molecule has 0 saturated carbocycles. The summed E-state index contributed by atoms with van der Waals surface area (Å²) in [7, 11) is 3.01. The van der Waals surface area contributed by atoms with Crippen LogP contribution in [0.3, 0.4) is 0 Å². The van der Waals surface area contributed by atoms with Crippen LogP contribution in [0.2, 0.25) is 0 Å². The molecule has 0 bridgehead atoms. The van der Waals surface area contributed by atoms with Crippen molar-refractivity contribution < 1.29 is 24.6 Å². The minimum absolute atomic E-state index is 0.203. The molecular formula is C13H15NO5. The molecule has 1 aliphatic rings. The minimum Gasteiger partial charge on any atom is -0.493 e. The second-order valence-corrected chi connectivity index (χ2v) is 4.32. The molecule has 0 amide bonds. The van der Waals surface area contributed by atoms with Crippen LogP contribution in [0.5, 0.6) is 11.5 Å². The van der Waals surface area contributed by atoms with Crippen LogP contribution in [-0.2, 0) is 11.2 Å². The SMILES string of the molecule is COc1ccc2c(c1OC)CC(C(=O)O)C/C2=N/O. The summed E-state index contributed by atoms with van der Waals surface area (Å²) >= 11 is 0. The number of hydrogen-bond acceptors (Lipinski definition) is 5. The number of oxime groups is 1. The summed E-state index contributed by atoms with van der Waals surface area (Å²) in [5.74, 6) is -0.521. The average Bonchev–Trinajstić information content (AvgIpc) is 2.44. The van der Waals surface area contributed by atoms with Gasteiger partial charge < -0.3 is 19.8 Å². The summed E-state index contributed by atoms with van der Waals surface area (Å²) in [6.45, 7) is 0. The zero-order valence-corrected chi connectivity index (χ0v) is 10.7. The van der Waals surface area contributed by atoms with Crippen LogP contribution in [0.15, 0.2) is 17.3 Å². The highest BCUT2D eigenvalue weighted by molar-refractivity contribution is 6.05. The number of benzene rings is 1. The summed E-state index contributed by atoms with van der Waals surface area (Å²) in [4.78, 5) is 11.2. The van der Waals surface area contributed by atoms with E-state index in [0.29, 0.717) is 34.8 Å². The van der Waals surface area contributed by atoms with Gasteiger partial charge in [-0.05, 0) is 18.6 Å². The van der Waals surface area contributed by atoms with Gasteiger partial charge in [-0.3, -0.25) is 4.79 Å². The molecule has 0 fully saturated rings. The topological polar surface area (TPSA) is 88.4 Å². The van der Waals surface area contributed by atoms with Crippen molar-refractivity contribution in [3.05, 3.63) is 23.3 Å². The van der Waals surface area contributed by atoms with E-state index >= 15 is 0 Å². The standard InChI is InChI=1S/C13H15NO5/c1-18-11-4-3-8-9(12(11)19-2)5-7(13(15)16)6-10(8)14-17/h3-4,7,17H,5-6H2,1-2H3,(H,15,16)/b14-10-. The van der Waals surface area contributed by atoms with E-state index in [1.54, 1.807) is 12.1 Å². The third kappa shape index (κ3) is 2.21. The Morgan fingerprint density at radius 2 is 2.05 bits per heavy atom. The van der Waals surface area contributed by atoms with E-state index in [1.807, 2.05) is 0 Å². The molecule has 0 radical (unpaired) electrons. The van der Waals surface area contributed by atoms with Gasteiger partial charge in [0.15, 0.2) is 11.5 Å². The summed E-state index contributed by atoms with van der Waals surface area (Å²) in [6.07, 6.45) is 0.526. The number of carbonyl (C=O) groups is 1. The molecule has 6 nitrogen and oxygen atoms in total. The van der Waals surface area contributed by atoms with Gasteiger partial charge in [0.2, 0.25) is 0 Å².